The molecule has 1 aromatic heterocycles. The first kappa shape index (κ1) is 16.0. The lowest BCUT2D eigenvalue weighted by atomic mass is 10.1. The van der Waals surface area contributed by atoms with Gasteiger partial charge in [0.25, 0.3) is 0 Å². The number of hydrogen-bond acceptors (Lipinski definition) is 7. The molecule has 0 aromatic carbocycles. The molecule has 19 heavy (non-hydrogen) atoms. The molecule has 7 heteroatoms. The molecule has 1 unspecified atom stereocenters. The summed E-state index contributed by atoms with van der Waals surface area (Å²) < 4.78 is 5.03. The van der Waals surface area contributed by atoms with E-state index in [1.54, 1.807) is 38.9 Å². The molecule has 0 aliphatic heterocycles. The molecule has 0 saturated heterocycles. The van der Waals surface area contributed by atoms with Crippen molar-refractivity contribution < 1.29 is 9.84 Å². The van der Waals surface area contributed by atoms with Gasteiger partial charge >= 0.3 is 0 Å². The van der Waals surface area contributed by atoms with Crippen LogP contribution in [0.25, 0.3) is 0 Å². The van der Waals surface area contributed by atoms with Crippen LogP contribution >= 0.6 is 11.8 Å². The minimum atomic E-state index is -0.772. The summed E-state index contributed by atoms with van der Waals surface area (Å²) in [7, 11) is 3.40. The van der Waals surface area contributed by atoms with E-state index in [0.717, 1.165) is 0 Å². The van der Waals surface area contributed by atoms with Gasteiger partial charge in [-0.2, -0.15) is 11.8 Å². The van der Waals surface area contributed by atoms with Gasteiger partial charge in [-0.05, 0) is 13.2 Å². The van der Waals surface area contributed by atoms with Crippen LogP contribution in [-0.2, 0) is 11.3 Å². The fourth-order valence-corrected chi connectivity index (χ4v) is 2.28. The normalized spacial score (nSPS) is 13.9. The Morgan fingerprint density at radius 3 is 2.68 bits per heavy atom. The standard InChI is InChI=1S/C12H22N4O2S/c1-12(17,8-19-4)7-14-10-5-9(13-2)15-11(16-10)6-18-3/h5,17H,6-8H2,1-4H3,(H2,13,14,15,16). The Morgan fingerprint density at radius 2 is 2.11 bits per heavy atom. The highest BCUT2D eigenvalue weighted by atomic mass is 32.2. The van der Waals surface area contributed by atoms with Crippen LogP contribution in [0.4, 0.5) is 11.6 Å². The van der Waals surface area contributed by atoms with Crippen LogP contribution in [0, 0.1) is 0 Å². The van der Waals surface area contributed by atoms with Crippen LogP contribution in [0.1, 0.15) is 12.7 Å². The number of methoxy groups -OCH3 is 1. The summed E-state index contributed by atoms with van der Waals surface area (Å²) in [5.74, 6) is 2.65. The molecule has 0 spiro atoms. The van der Waals surface area contributed by atoms with Crippen LogP contribution in [0.2, 0.25) is 0 Å². The SMILES string of the molecule is CNc1cc(NCC(C)(O)CSC)nc(COC)n1. The molecular formula is C12H22N4O2S. The lowest BCUT2D eigenvalue weighted by molar-refractivity contribution is 0.0996. The average molecular weight is 286 g/mol. The molecule has 0 aliphatic carbocycles. The first-order chi connectivity index (χ1) is 9.00. The Balaban J connectivity index is 2.74. The highest BCUT2D eigenvalue weighted by Crippen LogP contribution is 2.15. The maximum atomic E-state index is 10.1. The molecule has 0 bridgehead atoms. The van der Waals surface area contributed by atoms with Gasteiger partial charge in [0.1, 0.15) is 18.2 Å². The van der Waals surface area contributed by atoms with E-state index in [-0.39, 0.29) is 0 Å². The highest BCUT2D eigenvalue weighted by molar-refractivity contribution is 7.98. The lowest BCUT2D eigenvalue weighted by Gasteiger charge is -2.23. The van der Waals surface area contributed by atoms with Gasteiger partial charge in [-0.15, -0.1) is 0 Å². The zero-order valence-electron chi connectivity index (χ0n) is 11.9. The van der Waals surface area contributed by atoms with Gasteiger partial charge in [0.05, 0.1) is 5.60 Å². The predicted octanol–water partition coefficient (Wildman–Crippen LogP) is 1.19. The van der Waals surface area contributed by atoms with Crippen molar-refractivity contribution in [3.63, 3.8) is 0 Å². The number of anilines is 2. The first-order valence-corrected chi connectivity index (χ1v) is 7.40. The summed E-state index contributed by atoms with van der Waals surface area (Å²) >= 11 is 1.61. The second kappa shape index (κ2) is 7.52. The van der Waals surface area contributed by atoms with E-state index in [2.05, 4.69) is 20.6 Å². The summed E-state index contributed by atoms with van der Waals surface area (Å²) in [5, 5.41) is 16.2. The molecule has 0 saturated carbocycles. The molecule has 0 amide bonds. The molecule has 108 valence electrons. The summed E-state index contributed by atoms with van der Waals surface area (Å²) in [5.41, 5.74) is -0.772. The molecule has 3 N–H and O–H groups in total. The zero-order valence-corrected chi connectivity index (χ0v) is 12.7. The van der Waals surface area contributed by atoms with Gasteiger partial charge in [-0.25, -0.2) is 9.97 Å². The average Bonchev–Trinajstić information content (AvgIpc) is 2.36. The van der Waals surface area contributed by atoms with Gasteiger partial charge < -0.3 is 20.5 Å². The van der Waals surface area contributed by atoms with Crippen molar-refractivity contribution in [2.24, 2.45) is 0 Å². The quantitative estimate of drug-likeness (QED) is 0.662. The molecule has 0 radical (unpaired) electrons. The minimum absolute atomic E-state index is 0.353. The number of thioether (sulfide) groups is 1. The predicted molar refractivity (Wildman–Crippen MR) is 79.8 cm³/mol. The highest BCUT2D eigenvalue weighted by Gasteiger charge is 2.19. The van der Waals surface area contributed by atoms with Crippen molar-refractivity contribution in [2.75, 3.05) is 43.3 Å². The number of ether oxygens (including phenoxy) is 1. The summed E-state index contributed by atoms with van der Waals surface area (Å²) in [6, 6.07) is 1.80. The van der Waals surface area contributed by atoms with Crippen molar-refractivity contribution in [1.29, 1.82) is 0 Å². The van der Waals surface area contributed by atoms with Crippen molar-refractivity contribution in [3.8, 4) is 0 Å². The maximum Gasteiger partial charge on any atom is 0.158 e. The number of nitrogens with one attached hydrogen (secondary N) is 2. The molecule has 1 heterocycles. The van der Waals surface area contributed by atoms with Crippen molar-refractivity contribution in [1.82, 2.24) is 9.97 Å². The van der Waals surface area contributed by atoms with E-state index in [0.29, 0.717) is 36.4 Å². The van der Waals surface area contributed by atoms with Crippen LogP contribution in [0.15, 0.2) is 6.07 Å². The van der Waals surface area contributed by atoms with E-state index in [9.17, 15) is 5.11 Å². The molecule has 0 aliphatic rings. The van der Waals surface area contributed by atoms with E-state index in [4.69, 9.17) is 4.74 Å². The lowest BCUT2D eigenvalue weighted by Crippen LogP contribution is -2.36. The Bertz CT molecular complexity index is 401. The summed E-state index contributed by atoms with van der Waals surface area (Å²) in [4.78, 5) is 8.60. The van der Waals surface area contributed by atoms with Crippen LogP contribution in [-0.4, -0.2) is 53.4 Å². The van der Waals surface area contributed by atoms with Gasteiger partial charge in [0, 0.05) is 32.5 Å². The molecule has 6 nitrogen and oxygen atoms in total. The molecular weight excluding hydrogens is 264 g/mol. The minimum Gasteiger partial charge on any atom is -0.387 e. The first-order valence-electron chi connectivity index (χ1n) is 6.00. The van der Waals surface area contributed by atoms with Gasteiger partial charge in [0.2, 0.25) is 0 Å². The monoisotopic (exact) mass is 286 g/mol. The maximum absolute atomic E-state index is 10.1. The number of aliphatic hydroxyl groups is 1. The van der Waals surface area contributed by atoms with Crippen molar-refractivity contribution in [2.45, 2.75) is 19.1 Å². The number of hydrogen-bond donors (Lipinski definition) is 3. The Kier molecular flexibility index (Phi) is 6.33. The molecule has 1 rings (SSSR count). The zero-order chi connectivity index (χ0) is 14.3. The van der Waals surface area contributed by atoms with Crippen LogP contribution < -0.4 is 10.6 Å². The van der Waals surface area contributed by atoms with E-state index < -0.39 is 5.60 Å². The number of rotatable bonds is 8. The van der Waals surface area contributed by atoms with Crippen molar-refractivity contribution in [3.05, 3.63) is 11.9 Å². The summed E-state index contributed by atoms with van der Waals surface area (Å²) in [6.07, 6.45) is 1.97. The van der Waals surface area contributed by atoms with Crippen LogP contribution in [0.5, 0.6) is 0 Å². The number of nitrogens with zero attached hydrogens (tertiary/aromatic N) is 2. The van der Waals surface area contributed by atoms with Gasteiger partial charge in [-0.1, -0.05) is 0 Å². The van der Waals surface area contributed by atoms with Crippen molar-refractivity contribution >= 4 is 23.4 Å². The van der Waals surface area contributed by atoms with Gasteiger partial charge in [-0.3, -0.25) is 0 Å². The molecule has 0 fully saturated rings. The topological polar surface area (TPSA) is 79.3 Å². The largest absolute Gasteiger partial charge is 0.387 e. The second-order valence-electron chi connectivity index (χ2n) is 4.52. The third-order valence-electron chi connectivity index (χ3n) is 2.41. The molecule has 1 atom stereocenters. The van der Waals surface area contributed by atoms with E-state index >= 15 is 0 Å². The smallest absolute Gasteiger partial charge is 0.158 e. The fraction of sp³-hybridized carbons (Fsp3) is 0.667. The fourth-order valence-electron chi connectivity index (χ4n) is 1.55. The van der Waals surface area contributed by atoms with E-state index in [1.165, 1.54) is 0 Å². The Morgan fingerprint density at radius 1 is 1.42 bits per heavy atom. The van der Waals surface area contributed by atoms with Crippen LogP contribution in [0.3, 0.4) is 0 Å². The Labute approximate surface area is 118 Å². The van der Waals surface area contributed by atoms with Gasteiger partial charge in [0.15, 0.2) is 5.82 Å². The third-order valence-corrected chi connectivity index (χ3v) is 3.32. The Hall–Kier alpha value is -1.05. The second-order valence-corrected chi connectivity index (χ2v) is 5.39. The number of aromatic nitrogens is 2. The third kappa shape index (κ3) is 5.63. The van der Waals surface area contributed by atoms with E-state index in [1.807, 2.05) is 6.26 Å². The summed E-state index contributed by atoms with van der Waals surface area (Å²) in [6.45, 7) is 2.58. The molecule has 1 aromatic rings.